The summed E-state index contributed by atoms with van der Waals surface area (Å²) >= 11 is 0. The highest BCUT2D eigenvalue weighted by Gasteiger charge is 2.19. The lowest BCUT2D eigenvalue weighted by Gasteiger charge is -2.10. The Bertz CT molecular complexity index is 1180. The van der Waals surface area contributed by atoms with Crippen molar-refractivity contribution < 1.29 is 14.3 Å². The zero-order valence-corrected chi connectivity index (χ0v) is 17.6. The van der Waals surface area contributed by atoms with Gasteiger partial charge in [0, 0.05) is 35.6 Å². The van der Waals surface area contributed by atoms with Crippen LogP contribution in [0.25, 0.3) is 16.9 Å². The number of rotatable bonds is 6. The van der Waals surface area contributed by atoms with E-state index in [1.165, 1.54) is 0 Å². The summed E-state index contributed by atoms with van der Waals surface area (Å²) in [5.74, 6) is 0.912. The summed E-state index contributed by atoms with van der Waals surface area (Å²) in [6, 6.07) is 22.9. The van der Waals surface area contributed by atoms with Crippen LogP contribution in [-0.4, -0.2) is 29.9 Å². The molecule has 0 aliphatic heterocycles. The second-order valence-corrected chi connectivity index (χ2v) is 7.09. The van der Waals surface area contributed by atoms with Crippen molar-refractivity contribution in [2.24, 2.45) is 0 Å². The number of methoxy groups -OCH3 is 2. The molecule has 0 unspecified atom stereocenters. The van der Waals surface area contributed by atoms with E-state index in [-0.39, 0.29) is 5.91 Å². The molecule has 31 heavy (non-hydrogen) atoms. The number of anilines is 1. The third kappa shape index (κ3) is 4.43. The van der Waals surface area contributed by atoms with Gasteiger partial charge in [0.1, 0.15) is 17.2 Å². The van der Waals surface area contributed by atoms with Crippen molar-refractivity contribution in [1.29, 1.82) is 0 Å². The van der Waals surface area contributed by atoms with Crippen LogP contribution in [0.5, 0.6) is 11.5 Å². The van der Waals surface area contributed by atoms with Gasteiger partial charge in [-0.3, -0.25) is 4.79 Å². The molecule has 3 aromatic carbocycles. The largest absolute Gasteiger partial charge is 0.497 e. The summed E-state index contributed by atoms with van der Waals surface area (Å²) in [4.78, 5) is 13.3. The molecule has 0 fully saturated rings. The minimum absolute atomic E-state index is 0.270. The molecule has 0 aliphatic carbocycles. The second-order valence-electron chi connectivity index (χ2n) is 7.09. The van der Waals surface area contributed by atoms with Crippen molar-refractivity contribution in [3.05, 3.63) is 90.1 Å². The molecule has 0 spiro atoms. The number of para-hydroxylation sites is 1. The molecule has 1 heterocycles. The van der Waals surface area contributed by atoms with E-state index < -0.39 is 0 Å². The Labute approximate surface area is 181 Å². The maximum Gasteiger partial charge on any atom is 0.259 e. The van der Waals surface area contributed by atoms with Crippen LogP contribution in [0.15, 0.2) is 79.0 Å². The Morgan fingerprint density at radius 2 is 1.55 bits per heavy atom. The van der Waals surface area contributed by atoms with Gasteiger partial charge in [-0.15, -0.1) is 0 Å². The van der Waals surface area contributed by atoms with Crippen LogP contribution >= 0.6 is 0 Å². The first-order valence-electron chi connectivity index (χ1n) is 9.84. The van der Waals surface area contributed by atoms with Gasteiger partial charge in [-0.05, 0) is 19.1 Å². The summed E-state index contributed by atoms with van der Waals surface area (Å²) < 4.78 is 12.3. The fourth-order valence-electron chi connectivity index (χ4n) is 3.26. The van der Waals surface area contributed by atoms with Gasteiger partial charge in [-0.25, -0.2) is 4.68 Å². The highest BCUT2D eigenvalue weighted by atomic mass is 16.5. The number of carbonyl (C=O) groups is 1. The van der Waals surface area contributed by atoms with Crippen LogP contribution in [-0.2, 0) is 0 Å². The van der Waals surface area contributed by atoms with E-state index in [0.717, 1.165) is 16.8 Å². The second kappa shape index (κ2) is 8.75. The summed E-state index contributed by atoms with van der Waals surface area (Å²) in [6.45, 7) is 2.02. The third-order valence-electron chi connectivity index (χ3n) is 4.91. The van der Waals surface area contributed by atoms with Crippen molar-refractivity contribution in [1.82, 2.24) is 9.78 Å². The normalized spacial score (nSPS) is 10.5. The lowest BCUT2D eigenvalue weighted by atomic mass is 10.1. The third-order valence-corrected chi connectivity index (χ3v) is 4.91. The van der Waals surface area contributed by atoms with Crippen LogP contribution in [0.3, 0.4) is 0 Å². The first-order chi connectivity index (χ1) is 15.1. The quantitative estimate of drug-likeness (QED) is 0.477. The SMILES string of the molecule is COc1cc(NC(=O)c2cn(-c3ccccc3)nc2-c2ccc(C)cc2)cc(OC)c1. The lowest BCUT2D eigenvalue weighted by Crippen LogP contribution is -2.12. The van der Waals surface area contributed by atoms with E-state index in [0.29, 0.717) is 28.4 Å². The highest BCUT2D eigenvalue weighted by Crippen LogP contribution is 2.28. The monoisotopic (exact) mass is 413 g/mol. The van der Waals surface area contributed by atoms with Gasteiger partial charge in [0.2, 0.25) is 0 Å². The van der Waals surface area contributed by atoms with Gasteiger partial charge < -0.3 is 14.8 Å². The standard InChI is InChI=1S/C25H23N3O3/c1-17-9-11-18(12-10-17)24-23(16-28(27-24)20-7-5-4-6-8-20)25(29)26-19-13-21(30-2)15-22(14-19)31-3/h4-16H,1-3H3,(H,26,29). The minimum Gasteiger partial charge on any atom is -0.497 e. The van der Waals surface area contributed by atoms with Crippen molar-refractivity contribution in [3.8, 4) is 28.4 Å². The molecule has 0 aliphatic rings. The maximum absolute atomic E-state index is 13.3. The molecular weight excluding hydrogens is 390 g/mol. The smallest absolute Gasteiger partial charge is 0.259 e. The van der Waals surface area contributed by atoms with Crippen molar-refractivity contribution in [2.75, 3.05) is 19.5 Å². The average molecular weight is 413 g/mol. The summed E-state index contributed by atoms with van der Waals surface area (Å²) in [5, 5.41) is 7.66. The highest BCUT2D eigenvalue weighted by molar-refractivity contribution is 6.08. The van der Waals surface area contributed by atoms with E-state index in [1.807, 2.05) is 61.5 Å². The zero-order chi connectivity index (χ0) is 21.8. The van der Waals surface area contributed by atoms with Crippen LogP contribution in [0.2, 0.25) is 0 Å². The number of carbonyl (C=O) groups excluding carboxylic acids is 1. The van der Waals surface area contributed by atoms with Crippen LogP contribution in [0.1, 0.15) is 15.9 Å². The Kier molecular flexibility index (Phi) is 5.71. The number of aromatic nitrogens is 2. The van der Waals surface area contributed by atoms with E-state index in [2.05, 4.69) is 5.32 Å². The predicted molar refractivity (Wildman–Crippen MR) is 121 cm³/mol. The Balaban J connectivity index is 1.75. The Hall–Kier alpha value is -4.06. The molecule has 1 aromatic heterocycles. The molecule has 0 radical (unpaired) electrons. The fraction of sp³-hybridized carbons (Fsp3) is 0.120. The number of benzene rings is 3. The van der Waals surface area contributed by atoms with Crippen molar-refractivity contribution in [2.45, 2.75) is 6.92 Å². The zero-order valence-electron chi connectivity index (χ0n) is 17.6. The van der Waals surface area contributed by atoms with Gasteiger partial charge in [-0.2, -0.15) is 5.10 Å². The summed E-state index contributed by atoms with van der Waals surface area (Å²) in [5.41, 5.74) is 4.53. The topological polar surface area (TPSA) is 65.4 Å². The van der Waals surface area contributed by atoms with Gasteiger partial charge >= 0.3 is 0 Å². The van der Waals surface area contributed by atoms with Crippen LogP contribution in [0, 0.1) is 6.92 Å². The minimum atomic E-state index is -0.270. The van der Waals surface area contributed by atoms with Crippen molar-refractivity contribution >= 4 is 11.6 Å². The Morgan fingerprint density at radius 3 is 2.16 bits per heavy atom. The van der Waals surface area contributed by atoms with Crippen molar-refractivity contribution in [3.63, 3.8) is 0 Å². The fourth-order valence-corrected chi connectivity index (χ4v) is 3.26. The van der Waals surface area contributed by atoms with E-state index in [4.69, 9.17) is 14.6 Å². The number of nitrogens with one attached hydrogen (secondary N) is 1. The molecule has 0 bridgehead atoms. The molecule has 1 amide bonds. The van der Waals surface area contributed by atoms with E-state index in [1.54, 1.807) is 43.3 Å². The molecule has 1 N–H and O–H groups in total. The first-order valence-corrected chi connectivity index (χ1v) is 9.84. The Morgan fingerprint density at radius 1 is 0.903 bits per heavy atom. The molecule has 0 atom stereocenters. The predicted octanol–water partition coefficient (Wildman–Crippen LogP) is 5.12. The molecule has 4 aromatic rings. The number of ether oxygens (including phenoxy) is 2. The number of aryl methyl sites for hydroxylation is 1. The van der Waals surface area contributed by atoms with E-state index in [9.17, 15) is 4.79 Å². The number of hydrogen-bond acceptors (Lipinski definition) is 4. The molecule has 156 valence electrons. The molecule has 0 saturated carbocycles. The molecule has 6 nitrogen and oxygen atoms in total. The summed E-state index contributed by atoms with van der Waals surface area (Å²) in [6.07, 6.45) is 1.75. The number of nitrogens with zero attached hydrogens (tertiary/aromatic N) is 2. The molecule has 4 rings (SSSR count). The van der Waals surface area contributed by atoms with Gasteiger partial charge in [0.25, 0.3) is 5.91 Å². The van der Waals surface area contributed by atoms with Gasteiger partial charge in [-0.1, -0.05) is 48.0 Å². The van der Waals surface area contributed by atoms with Gasteiger partial charge in [0.15, 0.2) is 0 Å². The van der Waals surface area contributed by atoms with Crippen LogP contribution in [0.4, 0.5) is 5.69 Å². The molecular formula is C25H23N3O3. The van der Waals surface area contributed by atoms with Crippen LogP contribution < -0.4 is 14.8 Å². The number of hydrogen-bond donors (Lipinski definition) is 1. The summed E-state index contributed by atoms with van der Waals surface area (Å²) in [7, 11) is 3.14. The maximum atomic E-state index is 13.3. The first kappa shape index (κ1) is 20.2. The lowest BCUT2D eigenvalue weighted by molar-refractivity contribution is 0.102. The van der Waals surface area contributed by atoms with E-state index >= 15 is 0 Å². The van der Waals surface area contributed by atoms with Gasteiger partial charge in [0.05, 0.1) is 25.5 Å². The average Bonchev–Trinajstić information content (AvgIpc) is 3.25. The molecule has 6 heteroatoms. The molecule has 0 saturated heterocycles. The number of amides is 1.